The number of benzene rings is 1. The molecule has 34 heavy (non-hydrogen) atoms. The van der Waals surface area contributed by atoms with Crippen LogP contribution in [0.4, 0.5) is 11.6 Å². The summed E-state index contributed by atoms with van der Waals surface area (Å²) in [6, 6.07) is 11.3. The van der Waals surface area contributed by atoms with Crippen LogP contribution in [-0.2, 0) is 16.2 Å². The van der Waals surface area contributed by atoms with Crippen LogP contribution < -0.4 is 14.8 Å². The van der Waals surface area contributed by atoms with Crippen LogP contribution in [0.2, 0.25) is 0 Å². The molecular formula is C25H29N5O3S. The van der Waals surface area contributed by atoms with Crippen molar-refractivity contribution in [2.75, 3.05) is 10.0 Å². The summed E-state index contributed by atoms with van der Waals surface area (Å²) in [5.41, 5.74) is 3.20. The molecule has 1 fully saturated rings. The Balaban J connectivity index is 1.42. The summed E-state index contributed by atoms with van der Waals surface area (Å²) in [6.45, 7) is 5.88. The van der Waals surface area contributed by atoms with Gasteiger partial charge >= 0.3 is 0 Å². The Kier molecular flexibility index (Phi) is 7.64. The van der Waals surface area contributed by atoms with Gasteiger partial charge in [-0.3, -0.25) is 9.78 Å². The molecule has 2 N–H and O–H groups in total. The van der Waals surface area contributed by atoms with E-state index in [1.54, 1.807) is 24.7 Å². The Hall–Kier alpha value is -3.17. The number of nitrogens with zero attached hydrogens (tertiary/aromatic N) is 3. The van der Waals surface area contributed by atoms with Gasteiger partial charge in [-0.05, 0) is 50.1 Å². The summed E-state index contributed by atoms with van der Waals surface area (Å²) in [5, 5.41) is 3.14. The third-order valence-corrected chi connectivity index (χ3v) is 6.81. The maximum absolute atomic E-state index is 13.0. The third-order valence-electron chi connectivity index (χ3n) is 5.35. The van der Waals surface area contributed by atoms with Crippen molar-refractivity contribution >= 4 is 28.9 Å². The lowest BCUT2D eigenvalue weighted by Crippen LogP contribution is -2.23. The van der Waals surface area contributed by atoms with E-state index in [1.165, 1.54) is 0 Å². The molecule has 3 aromatic rings. The summed E-state index contributed by atoms with van der Waals surface area (Å²) < 4.78 is 20.7. The molecule has 0 bridgehead atoms. The fraction of sp³-hybridized carbons (Fsp3) is 0.360. The monoisotopic (exact) mass is 479 g/mol. The predicted molar refractivity (Wildman–Crippen MR) is 134 cm³/mol. The smallest absolute Gasteiger partial charge is 0.265 e. The molecule has 2 heterocycles. The van der Waals surface area contributed by atoms with Crippen molar-refractivity contribution in [1.29, 1.82) is 0 Å². The highest BCUT2D eigenvalue weighted by Gasteiger charge is 2.35. The van der Waals surface area contributed by atoms with Gasteiger partial charge in [0.2, 0.25) is 5.91 Å². The zero-order valence-electron chi connectivity index (χ0n) is 19.5. The van der Waals surface area contributed by atoms with Crippen molar-refractivity contribution in [3.05, 3.63) is 60.7 Å². The van der Waals surface area contributed by atoms with Gasteiger partial charge in [0.05, 0.1) is 35.3 Å². The van der Waals surface area contributed by atoms with E-state index in [0.29, 0.717) is 17.8 Å². The Bertz CT molecular complexity index is 1120. The molecule has 8 nitrogen and oxygen atoms in total. The van der Waals surface area contributed by atoms with Crippen LogP contribution in [0.5, 0.6) is 5.75 Å². The minimum atomic E-state index is -1.19. The molecule has 1 aliphatic carbocycles. The van der Waals surface area contributed by atoms with Crippen LogP contribution in [0.15, 0.2) is 55.0 Å². The number of carbonyl (C=O) groups is 1. The van der Waals surface area contributed by atoms with E-state index in [9.17, 15) is 9.35 Å². The Morgan fingerprint density at radius 2 is 1.94 bits per heavy atom. The van der Waals surface area contributed by atoms with Crippen molar-refractivity contribution in [2.45, 2.75) is 57.3 Å². The van der Waals surface area contributed by atoms with Crippen molar-refractivity contribution < 1.29 is 14.1 Å². The molecule has 0 aliphatic heterocycles. The number of ether oxygens (including phenoxy) is 1. The minimum Gasteiger partial charge on any atom is -0.593 e. The average Bonchev–Trinajstić information content (AvgIpc) is 3.66. The van der Waals surface area contributed by atoms with E-state index in [-0.39, 0.29) is 23.2 Å². The quantitative estimate of drug-likeness (QED) is 0.406. The summed E-state index contributed by atoms with van der Waals surface area (Å²) in [4.78, 5) is 25.9. The van der Waals surface area contributed by atoms with E-state index >= 15 is 0 Å². The third kappa shape index (κ3) is 6.24. The van der Waals surface area contributed by atoms with Crippen LogP contribution in [0.25, 0.3) is 11.1 Å². The number of nitrogens with one attached hydrogen (secondary N) is 2. The topological polar surface area (TPSA) is 112 Å². The highest BCUT2D eigenvalue weighted by atomic mass is 32.2. The van der Waals surface area contributed by atoms with Gasteiger partial charge in [0.25, 0.3) is 5.95 Å². The highest BCUT2D eigenvalue weighted by molar-refractivity contribution is 7.93. The predicted octanol–water partition coefficient (Wildman–Crippen LogP) is 4.70. The van der Waals surface area contributed by atoms with Crippen molar-refractivity contribution in [3.63, 3.8) is 0 Å². The molecule has 9 heteroatoms. The lowest BCUT2D eigenvalue weighted by atomic mass is 10.0. The SMILES string of the molecule is CCC(C(=O)Nc1ccc(-c2cncc(OC(C)C)c2)cc1)c1ccnc(N[S+]([O-])C2CC2)n1. The normalized spacial score (nSPS) is 15.0. The molecule has 178 valence electrons. The maximum atomic E-state index is 13.0. The summed E-state index contributed by atoms with van der Waals surface area (Å²) in [5.74, 6) is 0.398. The van der Waals surface area contributed by atoms with E-state index in [2.05, 4.69) is 25.0 Å². The molecule has 2 atom stereocenters. The molecule has 0 saturated heterocycles. The van der Waals surface area contributed by atoms with Crippen LogP contribution in [0, 0.1) is 0 Å². The lowest BCUT2D eigenvalue weighted by molar-refractivity contribution is -0.117. The number of amides is 1. The standard InChI is InChI=1S/C25H29N5O3S/c1-4-22(23-11-12-27-25(29-23)30-34(32)21-9-10-21)24(31)28-19-7-5-17(6-8-19)18-13-20(15-26-14-18)33-16(2)3/h5-8,11-16,21-22H,4,9-10H2,1-3H3,(H,28,31)(H,27,29,30). The van der Waals surface area contributed by atoms with Crippen molar-refractivity contribution in [3.8, 4) is 16.9 Å². The molecule has 0 spiro atoms. The molecule has 1 saturated carbocycles. The fourth-order valence-corrected chi connectivity index (χ4v) is 4.50. The molecule has 2 aromatic heterocycles. The number of hydrogen-bond donors (Lipinski definition) is 2. The van der Waals surface area contributed by atoms with E-state index in [4.69, 9.17) is 4.74 Å². The molecule has 2 unspecified atom stereocenters. The van der Waals surface area contributed by atoms with Gasteiger partial charge in [-0.15, -0.1) is 0 Å². The summed E-state index contributed by atoms with van der Waals surface area (Å²) in [6.07, 6.45) is 7.61. The largest absolute Gasteiger partial charge is 0.593 e. The zero-order valence-corrected chi connectivity index (χ0v) is 20.3. The van der Waals surface area contributed by atoms with Gasteiger partial charge in [0, 0.05) is 36.5 Å². The number of aromatic nitrogens is 3. The van der Waals surface area contributed by atoms with Crippen molar-refractivity contribution in [1.82, 2.24) is 15.0 Å². The van der Waals surface area contributed by atoms with Crippen LogP contribution in [0.3, 0.4) is 0 Å². The number of hydrogen-bond acceptors (Lipinski definition) is 7. The molecule has 1 aromatic carbocycles. The number of rotatable bonds is 10. The zero-order chi connectivity index (χ0) is 24.1. The second-order valence-corrected chi connectivity index (χ2v) is 9.97. The first-order valence-electron chi connectivity index (χ1n) is 11.5. The summed E-state index contributed by atoms with van der Waals surface area (Å²) in [7, 11) is 0. The number of carbonyl (C=O) groups excluding carboxylic acids is 1. The van der Waals surface area contributed by atoms with Crippen molar-refractivity contribution in [2.24, 2.45) is 0 Å². The van der Waals surface area contributed by atoms with E-state index in [0.717, 1.165) is 29.7 Å². The molecule has 4 rings (SSSR count). The second-order valence-electron chi connectivity index (χ2n) is 8.51. The maximum Gasteiger partial charge on any atom is 0.265 e. The minimum absolute atomic E-state index is 0.0724. The Morgan fingerprint density at radius 3 is 2.62 bits per heavy atom. The van der Waals surface area contributed by atoms with Crippen LogP contribution in [0.1, 0.15) is 51.6 Å². The summed E-state index contributed by atoms with van der Waals surface area (Å²) >= 11 is -1.19. The van der Waals surface area contributed by atoms with Gasteiger partial charge < -0.3 is 14.6 Å². The van der Waals surface area contributed by atoms with Gasteiger partial charge in [0.1, 0.15) is 11.0 Å². The van der Waals surface area contributed by atoms with Gasteiger partial charge in [-0.2, -0.15) is 4.72 Å². The average molecular weight is 480 g/mol. The first kappa shape index (κ1) is 24.0. The van der Waals surface area contributed by atoms with E-state index in [1.807, 2.05) is 51.1 Å². The van der Waals surface area contributed by atoms with E-state index < -0.39 is 17.3 Å². The first-order chi connectivity index (χ1) is 16.4. The second kappa shape index (κ2) is 10.8. The van der Waals surface area contributed by atoms with Crippen LogP contribution >= 0.6 is 0 Å². The Morgan fingerprint density at radius 1 is 1.18 bits per heavy atom. The number of pyridine rings is 1. The molecule has 1 aliphatic rings. The highest BCUT2D eigenvalue weighted by Crippen LogP contribution is 2.29. The molecular weight excluding hydrogens is 450 g/mol. The fourth-order valence-electron chi connectivity index (χ4n) is 3.49. The molecule has 1 amide bonds. The Labute approximate surface area is 202 Å². The number of anilines is 2. The van der Waals surface area contributed by atoms with Gasteiger partial charge in [-0.25, -0.2) is 9.97 Å². The van der Waals surface area contributed by atoms with Crippen LogP contribution in [-0.4, -0.2) is 36.8 Å². The molecule has 0 radical (unpaired) electrons. The van der Waals surface area contributed by atoms with Gasteiger partial charge in [0.15, 0.2) is 0 Å². The van der Waals surface area contributed by atoms with Gasteiger partial charge in [-0.1, -0.05) is 19.1 Å². The lowest BCUT2D eigenvalue weighted by Gasteiger charge is -2.16. The first-order valence-corrected chi connectivity index (χ1v) is 12.7.